The van der Waals surface area contributed by atoms with Crippen LogP contribution in [0.15, 0.2) is 12.3 Å². The van der Waals surface area contributed by atoms with Gasteiger partial charge in [0.15, 0.2) is 5.82 Å². The molecule has 1 aromatic heterocycles. The van der Waals surface area contributed by atoms with Crippen LogP contribution in [0.3, 0.4) is 0 Å². The first-order valence-corrected chi connectivity index (χ1v) is 7.43. The maximum absolute atomic E-state index is 5.85. The summed E-state index contributed by atoms with van der Waals surface area (Å²) in [5.74, 6) is 1.76. The number of rotatable bonds is 5. The SMILES string of the molecule is CCCNc1ccnc(C2(OC)CCCCCC2)n1. The van der Waals surface area contributed by atoms with Crippen LogP contribution in [0.25, 0.3) is 0 Å². The monoisotopic (exact) mass is 263 g/mol. The molecule has 0 bridgehead atoms. The van der Waals surface area contributed by atoms with Gasteiger partial charge in [-0.1, -0.05) is 32.6 Å². The summed E-state index contributed by atoms with van der Waals surface area (Å²) >= 11 is 0. The van der Waals surface area contributed by atoms with Gasteiger partial charge in [-0.3, -0.25) is 0 Å². The molecule has 1 aliphatic rings. The smallest absolute Gasteiger partial charge is 0.162 e. The second kappa shape index (κ2) is 6.85. The van der Waals surface area contributed by atoms with Crippen LogP contribution in [0.5, 0.6) is 0 Å². The number of nitrogens with zero attached hydrogens (tertiary/aromatic N) is 2. The fourth-order valence-electron chi connectivity index (χ4n) is 2.75. The van der Waals surface area contributed by atoms with Crippen molar-refractivity contribution in [3.63, 3.8) is 0 Å². The molecule has 2 rings (SSSR count). The first-order chi connectivity index (χ1) is 9.30. The number of anilines is 1. The highest BCUT2D eigenvalue weighted by molar-refractivity contribution is 5.33. The molecular formula is C15H25N3O. The molecule has 0 atom stereocenters. The van der Waals surface area contributed by atoms with Gasteiger partial charge in [0.05, 0.1) is 0 Å². The standard InChI is InChI=1S/C15H25N3O/c1-3-11-16-13-8-12-17-14(18-13)15(19-2)9-6-4-5-7-10-15/h8,12H,3-7,9-11H2,1-2H3,(H,16,17,18). The zero-order valence-corrected chi connectivity index (χ0v) is 12.1. The zero-order chi connectivity index (χ0) is 13.6. The lowest BCUT2D eigenvalue weighted by atomic mass is 9.93. The van der Waals surface area contributed by atoms with Crippen LogP contribution >= 0.6 is 0 Å². The van der Waals surface area contributed by atoms with Crippen molar-refractivity contribution in [3.8, 4) is 0 Å². The van der Waals surface area contributed by atoms with E-state index >= 15 is 0 Å². The minimum Gasteiger partial charge on any atom is -0.370 e. The van der Waals surface area contributed by atoms with Crippen molar-refractivity contribution in [1.82, 2.24) is 9.97 Å². The lowest BCUT2D eigenvalue weighted by Crippen LogP contribution is -2.30. The number of aromatic nitrogens is 2. The van der Waals surface area contributed by atoms with Crippen LogP contribution in [0.4, 0.5) is 5.82 Å². The first kappa shape index (κ1) is 14.3. The van der Waals surface area contributed by atoms with Gasteiger partial charge in [-0.05, 0) is 25.3 Å². The molecule has 1 fully saturated rings. The third-order valence-electron chi connectivity index (χ3n) is 3.92. The fourth-order valence-corrected chi connectivity index (χ4v) is 2.75. The van der Waals surface area contributed by atoms with Crippen molar-refractivity contribution >= 4 is 5.82 Å². The molecule has 0 unspecified atom stereocenters. The third kappa shape index (κ3) is 3.44. The summed E-state index contributed by atoms with van der Waals surface area (Å²) in [7, 11) is 1.79. The number of methoxy groups -OCH3 is 1. The van der Waals surface area contributed by atoms with E-state index < -0.39 is 0 Å². The summed E-state index contributed by atoms with van der Waals surface area (Å²) in [6.45, 7) is 3.09. The summed E-state index contributed by atoms with van der Waals surface area (Å²) in [5, 5.41) is 3.32. The van der Waals surface area contributed by atoms with Crippen LogP contribution in [-0.2, 0) is 10.3 Å². The van der Waals surface area contributed by atoms with Gasteiger partial charge in [-0.2, -0.15) is 0 Å². The summed E-state index contributed by atoms with van der Waals surface area (Å²) in [4.78, 5) is 9.15. The van der Waals surface area contributed by atoms with Crippen molar-refractivity contribution in [2.24, 2.45) is 0 Å². The zero-order valence-electron chi connectivity index (χ0n) is 12.1. The Labute approximate surface area is 116 Å². The van der Waals surface area contributed by atoms with Gasteiger partial charge in [-0.15, -0.1) is 0 Å². The molecule has 0 saturated heterocycles. The summed E-state index contributed by atoms with van der Waals surface area (Å²) in [5.41, 5.74) is -0.277. The second-order valence-corrected chi connectivity index (χ2v) is 5.30. The van der Waals surface area contributed by atoms with Crippen molar-refractivity contribution in [2.75, 3.05) is 19.0 Å². The highest BCUT2D eigenvalue weighted by Gasteiger charge is 2.35. The number of ether oxygens (including phenoxy) is 1. The second-order valence-electron chi connectivity index (χ2n) is 5.30. The van der Waals surface area contributed by atoms with E-state index in [9.17, 15) is 0 Å². The van der Waals surface area contributed by atoms with Crippen molar-refractivity contribution < 1.29 is 4.74 Å². The molecule has 1 aliphatic carbocycles. The van der Waals surface area contributed by atoms with Crippen molar-refractivity contribution in [2.45, 2.75) is 57.5 Å². The quantitative estimate of drug-likeness (QED) is 0.826. The van der Waals surface area contributed by atoms with E-state index in [1.165, 1.54) is 25.7 Å². The Morgan fingerprint density at radius 1 is 1.26 bits per heavy atom. The molecule has 19 heavy (non-hydrogen) atoms. The summed E-state index contributed by atoms with van der Waals surface area (Å²) in [6, 6.07) is 1.93. The fraction of sp³-hybridized carbons (Fsp3) is 0.733. The largest absolute Gasteiger partial charge is 0.370 e. The Morgan fingerprint density at radius 3 is 2.63 bits per heavy atom. The molecule has 0 aromatic carbocycles. The Bertz CT molecular complexity index is 387. The lowest BCUT2D eigenvalue weighted by molar-refractivity contribution is -0.0350. The molecule has 4 heteroatoms. The third-order valence-corrected chi connectivity index (χ3v) is 3.92. The Hall–Kier alpha value is -1.16. The van der Waals surface area contributed by atoms with E-state index in [1.54, 1.807) is 7.11 Å². The molecule has 0 radical (unpaired) electrons. The Morgan fingerprint density at radius 2 is 2.00 bits per heavy atom. The van der Waals surface area contributed by atoms with E-state index in [2.05, 4.69) is 22.2 Å². The molecule has 106 valence electrons. The molecule has 1 aromatic rings. The van der Waals surface area contributed by atoms with Gasteiger partial charge < -0.3 is 10.1 Å². The maximum Gasteiger partial charge on any atom is 0.162 e. The van der Waals surface area contributed by atoms with E-state index in [0.29, 0.717) is 0 Å². The van der Waals surface area contributed by atoms with Gasteiger partial charge >= 0.3 is 0 Å². The van der Waals surface area contributed by atoms with E-state index in [1.807, 2.05) is 12.3 Å². The maximum atomic E-state index is 5.85. The van der Waals surface area contributed by atoms with Crippen LogP contribution in [0, 0.1) is 0 Å². The molecule has 1 N–H and O–H groups in total. The molecule has 0 aliphatic heterocycles. The lowest BCUT2D eigenvalue weighted by Gasteiger charge is -2.29. The van der Waals surface area contributed by atoms with E-state index in [-0.39, 0.29) is 5.60 Å². The topological polar surface area (TPSA) is 47.0 Å². The molecular weight excluding hydrogens is 238 g/mol. The van der Waals surface area contributed by atoms with Crippen LogP contribution in [0.1, 0.15) is 57.7 Å². The molecule has 4 nitrogen and oxygen atoms in total. The number of hydrogen-bond acceptors (Lipinski definition) is 4. The molecule has 0 amide bonds. The minimum absolute atomic E-state index is 0.277. The van der Waals surface area contributed by atoms with Crippen molar-refractivity contribution in [3.05, 3.63) is 18.1 Å². The van der Waals surface area contributed by atoms with Gasteiger partial charge in [0, 0.05) is 19.9 Å². The van der Waals surface area contributed by atoms with E-state index in [0.717, 1.165) is 37.4 Å². The molecule has 0 spiro atoms. The van der Waals surface area contributed by atoms with Crippen LogP contribution in [0.2, 0.25) is 0 Å². The van der Waals surface area contributed by atoms with Gasteiger partial charge in [0.2, 0.25) is 0 Å². The van der Waals surface area contributed by atoms with Gasteiger partial charge in [0.1, 0.15) is 11.4 Å². The van der Waals surface area contributed by atoms with Gasteiger partial charge in [0.25, 0.3) is 0 Å². The van der Waals surface area contributed by atoms with Gasteiger partial charge in [-0.25, -0.2) is 9.97 Å². The normalized spacial score (nSPS) is 18.8. The summed E-state index contributed by atoms with van der Waals surface area (Å²) in [6.07, 6.45) is 9.97. The molecule has 1 saturated carbocycles. The predicted octanol–water partition coefficient (Wildman–Crippen LogP) is 3.49. The average molecular weight is 263 g/mol. The van der Waals surface area contributed by atoms with E-state index in [4.69, 9.17) is 4.74 Å². The van der Waals surface area contributed by atoms with Crippen molar-refractivity contribution in [1.29, 1.82) is 0 Å². The molecule has 1 heterocycles. The Kier molecular flexibility index (Phi) is 5.14. The van der Waals surface area contributed by atoms with Crippen LogP contribution < -0.4 is 5.32 Å². The minimum atomic E-state index is -0.277. The first-order valence-electron chi connectivity index (χ1n) is 7.43. The highest BCUT2D eigenvalue weighted by Crippen LogP contribution is 2.37. The predicted molar refractivity (Wildman–Crippen MR) is 77.2 cm³/mol. The summed E-state index contributed by atoms with van der Waals surface area (Å²) < 4.78 is 5.85. The average Bonchev–Trinajstić information content (AvgIpc) is 2.72. The Balaban J connectivity index is 2.21. The number of nitrogens with one attached hydrogen (secondary N) is 1. The number of hydrogen-bond donors (Lipinski definition) is 1. The van der Waals surface area contributed by atoms with Crippen LogP contribution in [-0.4, -0.2) is 23.6 Å². The highest BCUT2D eigenvalue weighted by atomic mass is 16.5.